The lowest BCUT2D eigenvalue weighted by molar-refractivity contribution is 0.750. The molecular weight excluding hydrogens is 177 g/mol. The van der Waals surface area contributed by atoms with E-state index in [1.165, 1.54) is 0 Å². The van der Waals surface area contributed by atoms with Crippen molar-refractivity contribution in [2.75, 3.05) is 0 Å². The number of hydrogen-bond acceptors (Lipinski definition) is 1. The molecule has 0 aromatic heterocycles. The minimum Gasteiger partial charge on any atom is -0.207 e. The van der Waals surface area contributed by atoms with E-state index >= 15 is 0 Å². The molecule has 0 aliphatic carbocycles. The highest BCUT2D eigenvalue weighted by Gasteiger charge is 1.98. The van der Waals surface area contributed by atoms with E-state index < -0.39 is 0 Å². The Morgan fingerprint density at radius 3 is 2.57 bits per heavy atom. The third kappa shape index (κ3) is 2.70. The third-order valence-corrected chi connectivity index (χ3v) is 1.90. The monoisotopic (exact) mass is 189 g/mol. The summed E-state index contributed by atoms with van der Waals surface area (Å²) in [7, 11) is 0. The van der Waals surface area contributed by atoms with Gasteiger partial charge >= 0.3 is 0 Å². The van der Waals surface area contributed by atoms with Crippen molar-refractivity contribution in [3.8, 4) is 6.07 Å². The van der Waals surface area contributed by atoms with Crippen LogP contribution in [0.4, 0.5) is 4.39 Å². The molecule has 2 heteroatoms. The first-order chi connectivity index (χ1) is 6.77. The van der Waals surface area contributed by atoms with E-state index in [4.69, 9.17) is 5.26 Å². The predicted molar refractivity (Wildman–Crippen MR) is 55.2 cm³/mol. The smallest absolute Gasteiger partial charge is 0.126 e. The van der Waals surface area contributed by atoms with Crippen molar-refractivity contribution in [2.24, 2.45) is 0 Å². The fourth-order valence-electron chi connectivity index (χ4n) is 1.09. The Hall–Kier alpha value is -1.62. The van der Waals surface area contributed by atoms with Crippen LogP contribution in [0.25, 0.3) is 5.83 Å². The molecule has 0 saturated heterocycles. The zero-order valence-electron chi connectivity index (χ0n) is 8.13. The van der Waals surface area contributed by atoms with Crippen LogP contribution in [-0.4, -0.2) is 0 Å². The van der Waals surface area contributed by atoms with Crippen LogP contribution in [-0.2, 0) is 0 Å². The molecule has 72 valence electrons. The summed E-state index contributed by atoms with van der Waals surface area (Å²) < 4.78 is 13.3. The van der Waals surface area contributed by atoms with E-state index in [2.05, 4.69) is 0 Å². The van der Waals surface area contributed by atoms with Gasteiger partial charge in [0, 0.05) is 5.56 Å². The second-order valence-corrected chi connectivity index (χ2v) is 3.03. The fourth-order valence-corrected chi connectivity index (χ4v) is 1.09. The number of rotatable bonds is 3. The molecule has 1 nitrogen and oxygen atoms in total. The van der Waals surface area contributed by atoms with Crippen LogP contribution in [0.15, 0.2) is 30.3 Å². The molecule has 1 rings (SSSR count). The van der Waals surface area contributed by atoms with Crippen molar-refractivity contribution in [3.63, 3.8) is 0 Å². The van der Waals surface area contributed by atoms with E-state index in [0.717, 1.165) is 12.8 Å². The molecule has 14 heavy (non-hydrogen) atoms. The number of allylic oxidation sites excluding steroid dienone is 1. The number of benzene rings is 1. The first kappa shape index (κ1) is 10.5. The lowest BCUT2D eigenvalue weighted by Crippen LogP contribution is -1.79. The van der Waals surface area contributed by atoms with Gasteiger partial charge in [0.05, 0.1) is 11.6 Å². The summed E-state index contributed by atoms with van der Waals surface area (Å²) in [5.74, 6) is -0.212. The van der Waals surface area contributed by atoms with Crippen LogP contribution in [0.1, 0.15) is 30.9 Å². The minimum atomic E-state index is -0.212. The van der Waals surface area contributed by atoms with Crippen molar-refractivity contribution in [1.29, 1.82) is 5.26 Å². The Labute approximate surface area is 83.5 Å². The van der Waals surface area contributed by atoms with Crippen LogP contribution in [0.3, 0.4) is 0 Å². The summed E-state index contributed by atoms with van der Waals surface area (Å²) in [6.45, 7) is 2.00. The zero-order valence-corrected chi connectivity index (χ0v) is 8.13. The maximum absolute atomic E-state index is 13.3. The van der Waals surface area contributed by atoms with Gasteiger partial charge in [-0.1, -0.05) is 25.5 Å². The summed E-state index contributed by atoms with van der Waals surface area (Å²) in [6.07, 6.45) is 3.25. The van der Waals surface area contributed by atoms with E-state index in [9.17, 15) is 4.39 Å². The summed E-state index contributed by atoms with van der Waals surface area (Å²) in [4.78, 5) is 0. The van der Waals surface area contributed by atoms with Gasteiger partial charge in [-0.25, -0.2) is 4.39 Å². The van der Waals surface area contributed by atoms with Crippen LogP contribution < -0.4 is 0 Å². The van der Waals surface area contributed by atoms with Crippen molar-refractivity contribution in [1.82, 2.24) is 0 Å². The zero-order chi connectivity index (χ0) is 10.4. The number of halogens is 1. The van der Waals surface area contributed by atoms with Crippen molar-refractivity contribution >= 4 is 5.83 Å². The first-order valence-electron chi connectivity index (χ1n) is 4.64. The highest BCUT2D eigenvalue weighted by Crippen LogP contribution is 2.17. The van der Waals surface area contributed by atoms with E-state index in [1.54, 1.807) is 30.3 Å². The molecule has 0 bridgehead atoms. The van der Waals surface area contributed by atoms with Gasteiger partial charge in [0.1, 0.15) is 5.83 Å². The Kier molecular flexibility index (Phi) is 3.87. The molecule has 0 unspecified atom stereocenters. The number of unbranched alkanes of at least 4 members (excludes halogenated alkanes) is 1. The Morgan fingerprint density at radius 2 is 2.07 bits per heavy atom. The molecule has 0 saturated carbocycles. The van der Waals surface area contributed by atoms with Crippen LogP contribution in [0.2, 0.25) is 0 Å². The lowest BCUT2D eigenvalue weighted by Gasteiger charge is -1.97. The Bertz CT molecular complexity index is 357. The third-order valence-electron chi connectivity index (χ3n) is 1.90. The minimum absolute atomic E-state index is 0.212. The molecule has 0 aliphatic rings. The second-order valence-electron chi connectivity index (χ2n) is 3.03. The molecular formula is C12H12FN. The van der Waals surface area contributed by atoms with Crippen LogP contribution in [0.5, 0.6) is 0 Å². The van der Waals surface area contributed by atoms with Gasteiger partial charge < -0.3 is 0 Å². The van der Waals surface area contributed by atoms with E-state index in [1.807, 2.05) is 13.0 Å². The van der Waals surface area contributed by atoms with Crippen molar-refractivity contribution in [2.45, 2.75) is 19.8 Å². The summed E-state index contributed by atoms with van der Waals surface area (Å²) in [5.41, 5.74) is 1.09. The molecule has 0 N–H and O–H groups in total. The number of hydrogen-bond donors (Lipinski definition) is 0. The van der Waals surface area contributed by atoms with E-state index in [-0.39, 0.29) is 5.83 Å². The standard InChI is InChI=1S/C12H12FN/c1-2-3-4-12(13)11-7-5-10(9-14)6-8-11/h4-8H,2-3H2,1H3/b12-4-. The first-order valence-corrected chi connectivity index (χ1v) is 4.64. The second kappa shape index (κ2) is 5.18. The lowest BCUT2D eigenvalue weighted by atomic mass is 10.1. The molecule has 1 aromatic carbocycles. The van der Waals surface area contributed by atoms with Gasteiger partial charge in [0.25, 0.3) is 0 Å². The topological polar surface area (TPSA) is 23.8 Å². The molecule has 0 heterocycles. The number of nitriles is 1. The van der Waals surface area contributed by atoms with E-state index in [0.29, 0.717) is 11.1 Å². The normalized spacial score (nSPS) is 11.1. The number of nitrogens with zero attached hydrogens (tertiary/aromatic N) is 1. The molecule has 1 aromatic rings. The summed E-state index contributed by atoms with van der Waals surface area (Å²) >= 11 is 0. The quantitative estimate of drug-likeness (QED) is 0.711. The molecule has 0 atom stereocenters. The Balaban J connectivity index is 2.82. The maximum atomic E-state index is 13.3. The molecule has 0 aliphatic heterocycles. The van der Waals surface area contributed by atoms with Crippen LogP contribution >= 0.6 is 0 Å². The SMILES string of the molecule is CCC/C=C(\F)c1ccc(C#N)cc1. The van der Waals surface area contributed by atoms with Crippen molar-refractivity contribution < 1.29 is 4.39 Å². The average Bonchev–Trinajstić information content (AvgIpc) is 2.26. The van der Waals surface area contributed by atoms with Gasteiger partial charge in [-0.3, -0.25) is 0 Å². The van der Waals surface area contributed by atoms with Crippen molar-refractivity contribution in [3.05, 3.63) is 41.5 Å². The molecule has 0 fully saturated rings. The molecule has 0 amide bonds. The predicted octanol–water partition coefficient (Wildman–Crippen LogP) is 3.67. The van der Waals surface area contributed by atoms with Gasteiger partial charge in [-0.05, 0) is 24.6 Å². The van der Waals surface area contributed by atoms with Gasteiger partial charge in [0.2, 0.25) is 0 Å². The molecule has 0 radical (unpaired) electrons. The van der Waals surface area contributed by atoms with Gasteiger partial charge in [-0.2, -0.15) is 5.26 Å². The highest BCUT2D eigenvalue weighted by atomic mass is 19.1. The Morgan fingerprint density at radius 1 is 1.43 bits per heavy atom. The molecule has 0 spiro atoms. The van der Waals surface area contributed by atoms with Crippen LogP contribution in [0, 0.1) is 11.3 Å². The maximum Gasteiger partial charge on any atom is 0.126 e. The van der Waals surface area contributed by atoms with Gasteiger partial charge in [-0.15, -0.1) is 0 Å². The van der Waals surface area contributed by atoms with Gasteiger partial charge in [0.15, 0.2) is 0 Å². The largest absolute Gasteiger partial charge is 0.207 e. The fraction of sp³-hybridized carbons (Fsp3) is 0.250. The summed E-state index contributed by atoms with van der Waals surface area (Å²) in [5, 5.41) is 8.55. The highest BCUT2D eigenvalue weighted by molar-refractivity contribution is 5.59. The average molecular weight is 189 g/mol. The summed E-state index contributed by atoms with van der Waals surface area (Å²) in [6, 6.07) is 8.48.